The van der Waals surface area contributed by atoms with Gasteiger partial charge in [0.2, 0.25) is 5.91 Å². The predicted molar refractivity (Wildman–Crippen MR) is 96.4 cm³/mol. The van der Waals surface area contributed by atoms with Crippen molar-refractivity contribution >= 4 is 61.8 Å². The van der Waals surface area contributed by atoms with Crippen molar-refractivity contribution in [2.24, 2.45) is 10.3 Å². The first-order valence-electron chi connectivity index (χ1n) is 7.21. The summed E-state index contributed by atoms with van der Waals surface area (Å²) in [5.41, 5.74) is 8.01. The van der Waals surface area contributed by atoms with Crippen molar-refractivity contribution in [2.45, 2.75) is 12.2 Å². The molecule has 0 radical (unpaired) electrons. The van der Waals surface area contributed by atoms with Crippen LogP contribution < -0.4 is 40.2 Å². The van der Waals surface area contributed by atoms with Crippen LogP contribution in [0.15, 0.2) is 15.7 Å². The van der Waals surface area contributed by atoms with Crippen LogP contribution in [0.1, 0.15) is 5.69 Å². The van der Waals surface area contributed by atoms with Crippen LogP contribution in [-0.4, -0.2) is 70.9 Å². The molecule has 1 aliphatic heterocycles. The van der Waals surface area contributed by atoms with Crippen molar-refractivity contribution in [3.8, 4) is 0 Å². The zero-order valence-corrected chi connectivity index (χ0v) is 19.6. The molecular formula is C11H10ClN8NaO7S2. The number of nitrogens with zero attached hydrogens (tertiary/aromatic N) is 6. The van der Waals surface area contributed by atoms with E-state index in [-0.39, 0.29) is 50.6 Å². The Morgan fingerprint density at radius 2 is 2.20 bits per heavy atom. The van der Waals surface area contributed by atoms with E-state index in [4.69, 9.17) is 17.1 Å². The number of hydrogen-bond donors (Lipinski definition) is 2. The van der Waals surface area contributed by atoms with E-state index in [0.717, 1.165) is 18.4 Å². The van der Waals surface area contributed by atoms with E-state index in [9.17, 15) is 27.4 Å². The van der Waals surface area contributed by atoms with E-state index >= 15 is 0 Å². The summed E-state index contributed by atoms with van der Waals surface area (Å²) < 4.78 is 33.0. The van der Waals surface area contributed by atoms with Crippen molar-refractivity contribution in [1.29, 1.82) is 0 Å². The van der Waals surface area contributed by atoms with E-state index in [1.54, 1.807) is 0 Å². The molecule has 1 aromatic rings. The summed E-state index contributed by atoms with van der Waals surface area (Å²) in [5, 5.41) is 12.4. The molecule has 3 amide bonds. The molecule has 1 fully saturated rings. The standard InChI is InChI=1S/C11H11ClN8O7S2.Na/c1-27-18-6(4-3-28-11(14-4)15-5(21)2-12)9(22)16-7-8(17-19-13)20(10(7)23)29(24,25)26;/h3,7-8H,2H2,1H3,(H,16,22)(H,14,15,21)(H,24,25,26);/q;+1/p-1/t7-,8-;/m0./s1. The second-order valence-electron chi connectivity index (χ2n) is 5.00. The number of hydrogen-bond acceptors (Lipinski definition) is 11. The molecule has 2 N–H and O–H groups in total. The molecule has 0 aromatic carbocycles. The Labute approximate surface area is 199 Å². The van der Waals surface area contributed by atoms with Crippen LogP contribution in [0.2, 0.25) is 0 Å². The Morgan fingerprint density at radius 1 is 1.53 bits per heavy atom. The molecule has 0 saturated carbocycles. The maximum absolute atomic E-state index is 12.5. The van der Waals surface area contributed by atoms with Gasteiger partial charge in [0.25, 0.3) is 11.8 Å². The number of nitrogens with one attached hydrogen (secondary N) is 2. The van der Waals surface area contributed by atoms with Crippen LogP contribution in [0.3, 0.4) is 0 Å². The third-order valence-electron chi connectivity index (χ3n) is 3.23. The van der Waals surface area contributed by atoms with E-state index in [2.05, 4.69) is 35.6 Å². The molecule has 1 aliphatic rings. The number of aromatic nitrogens is 1. The van der Waals surface area contributed by atoms with E-state index in [1.165, 1.54) is 5.38 Å². The minimum absolute atomic E-state index is 0. The number of alkyl halides is 1. The number of carbonyl (C=O) groups is 3. The summed E-state index contributed by atoms with van der Waals surface area (Å²) in [6.07, 6.45) is -1.78. The van der Waals surface area contributed by atoms with Gasteiger partial charge >= 0.3 is 29.6 Å². The van der Waals surface area contributed by atoms with Crippen molar-refractivity contribution in [3.63, 3.8) is 0 Å². The summed E-state index contributed by atoms with van der Waals surface area (Å²) in [4.78, 5) is 46.5. The number of β-lactam (4-membered cyclic amide) rings is 1. The summed E-state index contributed by atoms with van der Waals surface area (Å²) in [6, 6.07) is -1.63. The number of amides is 3. The first-order chi connectivity index (χ1) is 13.6. The Morgan fingerprint density at radius 3 is 2.73 bits per heavy atom. The quantitative estimate of drug-likeness (QED) is 0.0422. The zero-order valence-electron chi connectivity index (χ0n) is 15.2. The average molecular weight is 489 g/mol. The molecule has 156 valence electrons. The molecule has 19 heteroatoms. The monoisotopic (exact) mass is 488 g/mol. The van der Waals surface area contributed by atoms with E-state index in [1.807, 2.05) is 0 Å². The fourth-order valence-electron chi connectivity index (χ4n) is 2.09. The summed E-state index contributed by atoms with van der Waals surface area (Å²) in [6.45, 7) is 0. The molecular weight excluding hydrogens is 479 g/mol. The zero-order chi connectivity index (χ0) is 21.8. The molecule has 30 heavy (non-hydrogen) atoms. The van der Waals surface area contributed by atoms with Crippen molar-refractivity contribution < 1.29 is 61.7 Å². The van der Waals surface area contributed by atoms with Crippen molar-refractivity contribution in [3.05, 3.63) is 21.5 Å². The molecule has 1 aromatic heterocycles. The van der Waals surface area contributed by atoms with Crippen LogP contribution in [0, 0.1) is 0 Å². The van der Waals surface area contributed by atoms with Gasteiger partial charge in [-0.3, -0.25) is 14.4 Å². The Hall–Kier alpha value is -1.98. The fraction of sp³-hybridized carbons (Fsp3) is 0.364. The Balaban J connectivity index is 0.00000450. The molecule has 1 saturated heterocycles. The van der Waals surface area contributed by atoms with Gasteiger partial charge in [0.15, 0.2) is 27.3 Å². The number of azide groups is 1. The van der Waals surface area contributed by atoms with Gasteiger partial charge in [-0.25, -0.2) is 17.7 Å². The van der Waals surface area contributed by atoms with Gasteiger partial charge in [0.05, 0.1) is 0 Å². The second-order valence-corrected chi connectivity index (χ2v) is 7.38. The van der Waals surface area contributed by atoms with Gasteiger partial charge in [0.1, 0.15) is 24.7 Å². The number of carbonyl (C=O) groups excluding carboxylic acids is 3. The first kappa shape index (κ1) is 26.1. The van der Waals surface area contributed by atoms with Gasteiger partial charge in [-0.15, -0.1) is 22.9 Å². The minimum Gasteiger partial charge on any atom is -0.731 e. The molecule has 15 nitrogen and oxygen atoms in total. The number of anilines is 1. The Kier molecular flexibility index (Phi) is 9.44. The average Bonchev–Trinajstić information content (AvgIpc) is 3.10. The molecule has 2 heterocycles. The molecule has 0 bridgehead atoms. The van der Waals surface area contributed by atoms with Gasteiger partial charge in [-0.05, 0) is 5.53 Å². The van der Waals surface area contributed by atoms with Crippen molar-refractivity contribution in [1.82, 2.24) is 14.6 Å². The maximum Gasteiger partial charge on any atom is 1.00 e. The smallest absolute Gasteiger partial charge is 0.731 e. The summed E-state index contributed by atoms with van der Waals surface area (Å²) >= 11 is 6.31. The van der Waals surface area contributed by atoms with Crippen LogP contribution >= 0.6 is 22.9 Å². The van der Waals surface area contributed by atoms with Gasteiger partial charge in [-0.2, -0.15) is 0 Å². The van der Waals surface area contributed by atoms with Gasteiger partial charge in [-0.1, -0.05) is 10.3 Å². The third-order valence-corrected chi connectivity index (χ3v) is 5.11. The van der Waals surface area contributed by atoms with Crippen LogP contribution in [-0.2, 0) is 29.5 Å². The van der Waals surface area contributed by atoms with Gasteiger partial charge < -0.3 is 20.0 Å². The molecule has 0 aliphatic carbocycles. The van der Waals surface area contributed by atoms with E-state index in [0.29, 0.717) is 0 Å². The van der Waals surface area contributed by atoms with Gasteiger partial charge in [0, 0.05) is 10.3 Å². The fourth-order valence-corrected chi connectivity index (χ4v) is 3.63. The SMILES string of the molecule is CON=C(C(=O)N[C@@H]1C(=O)N(S(=O)(=O)[O-])[C@@H]1N=[N+]=[N-])c1csc(NC(=O)CCl)n1.[Na+]. The number of thiazole rings is 1. The second kappa shape index (κ2) is 10.9. The first-order valence-corrected chi connectivity index (χ1v) is 9.99. The largest absolute Gasteiger partial charge is 1.00 e. The van der Waals surface area contributed by atoms with Crippen LogP contribution in [0.5, 0.6) is 0 Å². The maximum atomic E-state index is 12.5. The third kappa shape index (κ3) is 5.79. The number of rotatable bonds is 8. The molecule has 2 atom stereocenters. The predicted octanol–water partition coefficient (Wildman–Crippen LogP) is -3.90. The van der Waals surface area contributed by atoms with Crippen molar-refractivity contribution in [2.75, 3.05) is 18.3 Å². The summed E-state index contributed by atoms with van der Waals surface area (Å²) in [5.74, 6) is -3.21. The van der Waals surface area contributed by atoms with Crippen LogP contribution in [0.4, 0.5) is 5.13 Å². The Bertz CT molecular complexity index is 1020. The summed E-state index contributed by atoms with van der Waals surface area (Å²) in [7, 11) is -4.12. The van der Waals surface area contributed by atoms with Crippen LogP contribution in [0.25, 0.3) is 10.4 Å². The number of halogens is 1. The molecule has 0 spiro atoms. The molecule has 0 unspecified atom stereocenters. The van der Waals surface area contributed by atoms with E-state index < -0.39 is 45.9 Å². The number of oxime groups is 1. The normalized spacial score (nSPS) is 18.4. The molecule has 2 rings (SSSR count). The minimum atomic E-state index is -5.25. The topological polar surface area (TPSA) is 219 Å².